The van der Waals surface area contributed by atoms with Crippen LogP contribution in [-0.4, -0.2) is 63.9 Å². The first kappa shape index (κ1) is 22.9. The van der Waals surface area contributed by atoms with E-state index in [2.05, 4.69) is 0 Å². The Kier molecular flexibility index (Phi) is 6.46. The summed E-state index contributed by atoms with van der Waals surface area (Å²) in [6.45, 7) is -0.180. The Morgan fingerprint density at radius 2 is 1.48 bits per heavy atom. The number of amides is 1. The van der Waals surface area contributed by atoms with Gasteiger partial charge >= 0.3 is 6.18 Å². The summed E-state index contributed by atoms with van der Waals surface area (Å²) in [5, 5.41) is 0. The minimum absolute atomic E-state index is 0.0335. The molecule has 0 saturated carbocycles. The lowest BCUT2D eigenvalue weighted by atomic mass is 10.1. The quantitative estimate of drug-likeness (QED) is 0.689. The molecule has 1 fully saturated rings. The highest BCUT2D eigenvalue weighted by atomic mass is 32.2. The zero-order valence-electron chi connectivity index (χ0n) is 16.8. The van der Waals surface area contributed by atoms with Crippen molar-refractivity contribution in [1.29, 1.82) is 0 Å². The molecule has 31 heavy (non-hydrogen) atoms. The van der Waals surface area contributed by atoms with E-state index in [4.69, 9.17) is 9.47 Å². The minimum Gasteiger partial charge on any atom is -0.497 e. The van der Waals surface area contributed by atoms with Crippen LogP contribution in [0.5, 0.6) is 11.5 Å². The number of sulfonamides is 1. The maximum atomic E-state index is 13.3. The van der Waals surface area contributed by atoms with Crippen LogP contribution in [0.25, 0.3) is 0 Å². The number of benzene rings is 2. The number of piperazine rings is 1. The van der Waals surface area contributed by atoms with E-state index in [-0.39, 0.29) is 32.1 Å². The molecule has 3 rings (SSSR count). The highest BCUT2D eigenvalue weighted by Crippen LogP contribution is 2.35. The lowest BCUT2D eigenvalue weighted by Crippen LogP contribution is -2.50. The maximum Gasteiger partial charge on any atom is 0.417 e. The SMILES string of the molecule is COc1cc(OC)cc(C(=O)N2CCN(S(=O)(=O)c3ccccc3C(F)(F)F)CC2)c1. The molecular formula is C20H21F3N2O5S. The fraction of sp³-hybridized carbons (Fsp3) is 0.350. The highest BCUT2D eigenvalue weighted by Gasteiger charge is 2.39. The number of ether oxygens (including phenoxy) is 2. The molecule has 0 aromatic heterocycles. The monoisotopic (exact) mass is 458 g/mol. The fourth-order valence-corrected chi connectivity index (χ4v) is 4.94. The van der Waals surface area contributed by atoms with E-state index in [1.165, 1.54) is 37.3 Å². The number of hydrogen-bond acceptors (Lipinski definition) is 5. The van der Waals surface area contributed by atoms with E-state index in [0.717, 1.165) is 22.5 Å². The standard InChI is InChI=1S/C20H21F3N2O5S/c1-29-15-11-14(12-16(13-15)30-2)19(26)24-7-9-25(10-8-24)31(27,28)18-6-4-3-5-17(18)20(21,22)23/h3-6,11-13H,7-10H2,1-2H3. The molecule has 2 aromatic rings. The second kappa shape index (κ2) is 8.75. The van der Waals surface area contributed by atoms with Gasteiger partial charge < -0.3 is 14.4 Å². The highest BCUT2D eigenvalue weighted by molar-refractivity contribution is 7.89. The van der Waals surface area contributed by atoms with Crippen LogP contribution in [0.2, 0.25) is 0 Å². The van der Waals surface area contributed by atoms with Crippen molar-refractivity contribution in [3.8, 4) is 11.5 Å². The van der Waals surface area contributed by atoms with Crippen molar-refractivity contribution < 1.29 is 35.9 Å². The molecule has 0 radical (unpaired) electrons. The third kappa shape index (κ3) is 4.77. The lowest BCUT2D eigenvalue weighted by molar-refractivity contribution is -0.139. The van der Waals surface area contributed by atoms with Crippen LogP contribution >= 0.6 is 0 Å². The fourth-order valence-electron chi connectivity index (χ4n) is 3.31. The topological polar surface area (TPSA) is 76.2 Å². The maximum absolute atomic E-state index is 13.3. The van der Waals surface area contributed by atoms with E-state index in [1.807, 2.05) is 0 Å². The Balaban J connectivity index is 1.78. The van der Waals surface area contributed by atoms with Crippen molar-refractivity contribution in [3.63, 3.8) is 0 Å². The molecule has 7 nitrogen and oxygen atoms in total. The molecule has 1 aliphatic rings. The van der Waals surface area contributed by atoms with Gasteiger partial charge in [-0.1, -0.05) is 12.1 Å². The van der Waals surface area contributed by atoms with Crippen molar-refractivity contribution in [2.24, 2.45) is 0 Å². The zero-order chi connectivity index (χ0) is 22.8. The van der Waals surface area contributed by atoms with Gasteiger partial charge in [-0.15, -0.1) is 0 Å². The number of methoxy groups -OCH3 is 2. The van der Waals surface area contributed by atoms with E-state index >= 15 is 0 Å². The smallest absolute Gasteiger partial charge is 0.417 e. The van der Waals surface area contributed by atoms with Crippen LogP contribution in [0.3, 0.4) is 0 Å². The summed E-state index contributed by atoms with van der Waals surface area (Å²) in [7, 11) is -1.48. The third-order valence-corrected chi connectivity index (χ3v) is 6.89. The number of halogens is 3. The number of nitrogens with zero attached hydrogens (tertiary/aromatic N) is 2. The number of hydrogen-bond donors (Lipinski definition) is 0. The van der Waals surface area contributed by atoms with Crippen molar-refractivity contribution in [2.45, 2.75) is 11.1 Å². The van der Waals surface area contributed by atoms with Gasteiger partial charge in [0, 0.05) is 37.8 Å². The van der Waals surface area contributed by atoms with Gasteiger partial charge in [-0.25, -0.2) is 8.42 Å². The number of carbonyl (C=O) groups excluding carboxylic acids is 1. The summed E-state index contributed by atoms with van der Waals surface area (Å²) in [6, 6.07) is 8.75. The van der Waals surface area contributed by atoms with Crippen molar-refractivity contribution in [3.05, 3.63) is 53.6 Å². The van der Waals surface area contributed by atoms with Gasteiger partial charge in [-0.2, -0.15) is 17.5 Å². The van der Waals surface area contributed by atoms with Crippen LogP contribution in [0.15, 0.2) is 47.4 Å². The van der Waals surface area contributed by atoms with Crippen molar-refractivity contribution >= 4 is 15.9 Å². The molecule has 0 atom stereocenters. The molecule has 11 heteroatoms. The Morgan fingerprint density at radius 3 is 2.00 bits per heavy atom. The molecule has 1 heterocycles. The molecule has 0 spiro atoms. The largest absolute Gasteiger partial charge is 0.497 e. The molecule has 1 saturated heterocycles. The van der Waals surface area contributed by atoms with Crippen LogP contribution in [0, 0.1) is 0 Å². The second-order valence-corrected chi connectivity index (χ2v) is 8.70. The Labute approximate surface area is 178 Å². The summed E-state index contributed by atoms with van der Waals surface area (Å²) in [4.78, 5) is 13.5. The molecule has 168 valence electrons. The molecular weight excluding hydrogens is 437 g/mol. The first-order valence-corrected chi connectivity index (χ1v) is 10.7. The van der Waals surface area contributed by atoms with Gasteiger partial charge in [-0.3, -0.25) is 4.79 Å². The number of alkyl halides is 3. The summed E-state index contributed by atoms with van der Waals surface area (Å²) in [6.07, 6.45) is -4.80. The van der Waals surface area contributed by atoms with E-state index in [1.54, 1.807) is 6.07 Å². The lowest BCUT2D eigenvalue weighted by Gasteiger charge is -2.34. The van der Waals surface area contributed by atoms with Crippen LogP contribution in [-0.2, 0) is 16.2 Å². The van der Waals surface area contributed by atoms with Gasteiger partial charge in [0.2, 0.25) is 10.0 Å². The summed E-state index contributed by atoms with van der Waals surface area (Å²) in [5.74, 6) is 0.491. The predicted octanol–water partition coefficient (Wildman–Crippen LogP) is 2.87. The molecule has 1 aliphatic heterocycles. The van der Waals surface area contributed by atoms with Crippen LogP contribution in [0.4, 0.5) is 13.2 Å². The Bertz CT molecular complexity index is 1040. The summed E-state index contributed by atoms with van der Waals surface area (Å²) in [5.41, 5.74) is -0.910. The van der Waals surface area contributed by atoms with E-state index in [0.29, 0.717) is 17.1 Å². The number of rotatable bonds is 5. The predicted molar refractivity (Wildman–Crippen MR) is 106 cm³/mol. The van der Waals surface area contributed by atoms with Gasteiger partial charge in [0.25, 0.3) is 5.91 Å². The molecule has 0 unspecified atom stereocenters. The molecule has 2 aromatic carbocycles. The minimum atomic E-state index is -4.80. The summed E-state index contributed by atoms with van der Waals surface area (Å²) < 4.78 is 76.8. The van der Waals surface area contributed by atoms with Gasteiger partial charge in [0.1, 0.15) is 11.5 Å². The normalized spacial score (nSPS) is 15.6. The Hall–Kier alpha value is -2.79. The second-order valence-electron chi connectivity index (χ2n) is 6.79. The molecule has 0 N–H and O–H groups in total. The Morgan fingerprint density at radius 1 is 0.935 bits per heavy atom. The van der Waals surface area contributed by atoms with E-state index in [9.17, 15) is 26.4 Å². The van der Waals surface area contributed by atoms with Crippen LogP contribution < -0.4 is 9.47 Å². The average Bonchev–Trinajstić information content (AvgIpc) is 2.77. The van der Waals surface area contributed by atoms with Gasteiger partial charge in [0.05, 0.1) is 24.7 Å². The average molecular weight is 458 g/mol. The zero-order valence-corrected chi connectivity index (χ0v) is 17.7. The molecule has 1 amide bonds. The summed E-state index contributed by atoms with van der Waals surface area (Å²) >= 11 is 0. The van der Waals surface area contributed by atoms with Gasteiger partial charge in [-0.05, 0) is 24.3 Å². The van der Waals surface area contributed by atoms with E-state index < -0.39 is 26.7 Å². The first-order valence-electron chi connectivity index (χ1n) is 9.26. The van der Waals surface area contributed by atoms with Gasteiger partial charge in [0.15, 0.2) is 0 Å². The molecule has 0 aliphatic carbocycles. The van der Waals surface area contributed by atoms with Crippen LogP contribution in [0.1, 0.15) is 15.9 Å². The number of carbonyl (C=O) groups is 1. The third-order valence-electron chi connectivity index (χ3n) is 4.93. The van der Waals surface area contributed by atoms with Crippen molar-refractivity contribution in [1.82, 2.24) is 9.21 Å². The molecule has 0 bridgehead atoms. The van der Waals surface area contributed by atoms with Crippen molar-refractivity contribution in [2.75, 3.05) is 40.4 Å². The first-order chi connectivity index (χ1) is 14.6.